The largest absolute Gasteiger partial charge is 0.220 e. The van der Waals surface area contributed by atoms with Crippen LogP contribution in [0.4, 0.5) is 0 Å². The summed E-state index contributed by atoms with van der Waals surface area (Å²) < 4.78 is 2.31. The number of rotatable bonds is 4. The predicted octanol–water partition coefficient (Wildman–Crippen LogP) is 8.14. The van der Waals surface area contributed by atoms with Crippen LogP contribution < -0.4 is 4.57 Å². The fourth-order valence-corrected chi connectivity index (χ4v) is 4.91. The van der Waals surface area contributed by atoms with Crippen molar-refractivity contribution in [1.82, 2.24) is 0 Å². The number of hydrogen-bond donors (Lipinski definition) is 0. The van der Waals surface area contributed by atoms with E-state index in [0.29, 0.717) is 5.92 Å². The van der Waals surface area contributed by atoms with E-state index in [0.717, 1.165) is 0 Å². The minimum absolute atomic E-state index is 0.103. The summed E-state index contributed by atoms with van der Waals surface area (Å²) in [5, 5.41) is 2.68. The molecule has 3 aromatic rings. The molecule has 2 aromatic carbocycles. The molecular weight excluding hydrogens is 374 g/mol. The van der Waals surface area contributed by atoms with Crippen molar-refractivity contribution in [3.63, 3.8) is 0 Å². The van der Waals surface area contributed by atoms with Gasteiger partial charge in [0.25, 0.3) is 0 Å². The number of benzene rings is 2. The van der Waals surface area contributed by atoms with Crippen LogP contribution in [-0.2, 0) is 17.9 Å². The molecule has 1 aromatic heterocycles. The highest BCUT2D eigenvalue weighted by Gasteiger charge is 2.27. The molecule has 0 unspecified atom stereocenters. The standard InChI is InChI=1S/C30H42N/c1-11-21(12-2)22-13-14-25-23(17-22)15-16-31(10)28(25)26-18-24(29(4,5)6)19-27(20(26)3)30(7,8)9/h13-19,21H,11-12H2,1-10H3/q+1. The zero-order valence-corrected chi connectivity index (χ0v) is 21.5. The van der Waals surface area contributed by atoms with E-state index < -0.39 is 0 Å². The number of aryl methyl sites for hydroxylation is 1. The molecule has 1 heterocycles. The first kappa shape index (κ1) is 23.5. The molecule has 0 fully saturated rings. The van der Waals surface area contributed by atoms with Crippen LogP contribution in [0.15, 0.2) is 42.6 Å². The molecule has 3 rings (SSSR count). The lowest BCUT2D eigenvalue weighted by Gasteiger charge is -2.28. The van der Waals surface area contributed by atoms with E-state index in [9.17, 15) is 0 Å². The minimum atomic E-state index is 0.103. The summed E-state index contributed by atoms with van der Waals surface area (Å²) in [6, 6.07) is 14.3. The number of nitrogens with zero attached hydrogens (tertiary/aromatic N) is 1. The van der Waals surface area contributed by atoms with Crippen molar-refractivity contribution in [2.75, 3.05) is 0 Å². The SMILES string of the molecule is CCC(CC)c1ccc2c(-c3cc(C(C)(C)C)cc(C(C)(C)C)c3C)[n+](C)ccc2c1. The highest BCUT2D eigenvalue weighted by Crippen LogP contribution is 2.39. The molecule has 0 aliphatic carbocycles. The molecular formula is C30H42N+. The molecule has 31 heavy (non-hydrogen) atoms. The monoisotopic (exact) mass is 416 g/mol. The van der Waals surface area contributed by atoms with Crippen LogP contribution in [0.1, 0.15) is 96.4 Å². The van der Waals surface area contributed by atoms with E-state index in [1.165, 1.54) is 57.1 Å². The molecule has 1 heteroatoms. The van der Waals surface area contributed by atoms with Gasteiger partial charge in [-0.3, -0.25) is 0 Å². The predicted molar refractivity (Wildman–Crippen MR) is 136 cm³/mol. The van der Waals surface area contributed by atoms with E-state index in [4.69, 9.17) is 0 Å². The molecule has 0 saturated carbocycles. The summed E-state index contributed by atoms with van der Waals surface area (Å²) >= 11 is 0. The topological polar surface area (TPSA) is 3.88 Å². The van der Waals surface area contributed by atoms with Crippen LogP contribution in [0.5, 0.6) is 0 Å². The summed E-state index contributed by atoms with van der Waals surface area (Å²) in [6.45, 7) is 20.8. The van der Waals surface area contributed by atoms with Crippen molar-refractivity contribution in [3.8, 4) is 11.3 Å². The molecule has 0 amide bonds. The Morgan fingerprint density at radius 2 is 1.48 bits per heavy atom. The summed E-state index contributed by atoms with van der Waals surface area (Å²) in [7, 11) is 2.18. The molecule has 0 radical (unpaired) electrons. The Morgan fingerprint density at radius 3 is 2.03 bits per heavy atom. The van der Waals surface area contributed by atoms with Gasteiger partial charge in [-0.25, -0.2) is 4.57 Å². The maximum absolute atomic E-state index is 2.44. The lowest BCUT2D eigenvalue weighted by molar-refractivity contribution is -0.659. The molecule has 166 valence electrons. The summed E-state index contributed by atoms with van der Waals surface area (Å²) in [5.74, 6) is 0.639. The van der Waals surface area contributed by atoms with Gasteiger partial charge in [-0.2, -0.15) is 0 Å². The molecule has 0 spiro atoms. The average molecular weight is 417 g/mol. The van der Waals surface area contributed by atoms with Gasteiger partial charge in [0.05, 0.1) is 10.9 Å². The Kier molecular flexibility index (Phi) is 6.38. The third-order valence-electron chi connectivity index (χ3n) is 6.96. The molecule has 0 atom stereocenters. The molecule has 0 bridgehead atoms. The van der Waals surface area contributed by atoms with Crippen LogP contribution in [0.2, 0.25) is 0 Å². The van der Waals surface area contributed by atoms with Gasteiger partial charge >= 0.3 is 0 Å². The molecule has 0 aliphatic rings. The quantitative estimate of drug-likeness (QED) is 0.378. The second kappa shape index (κ2) is 8.41. The van der Waals surface area contributed by atoms with Crippen molar-refractivity contribution in [2.24, 2.45) is 7.05 Å². The Morgan fingerprint density at radius 1 is 0.839 bits per heavy atom. The van der Waals surface area contributed by atoms with E-state index in [1.54, 1.807) is 0 Å². The first-order valence-corrected chi connectivity index (χ1v) is 12.0. The average Bonchev–Trinajstić information content (AvgIpc) is 2.68. The van der Waals surface area contributed by atoms with Crippen molar-refractivity contribution >= 4 is 10.8 Å². The molecule has 0 N–H and O–H groups in total. The molecule has 0 saturated heterocycles. The Labute approximate surface area is 190 Å². The number of pyridine rings is 1. The zero-order valence-electron chi connectivity index (χ0n) is 21.5. The van der Waals surface area contributed by atoms with Crippen LogP contribution in [-0.4, -0.2) is 0 Å². The highest BCUT2D eigenvalue weighted by molar-refractivity contribution is 5.94. The third-order valence-corrected chi connectivity index (χ3v) is 6.96. The van der Waals surface area contributed by atoms with Gasteiger partial charge in [0.15, 0.2) is 6.20 Å². The van der Waals surface area contributed by atoms with Crippen molar-refractivity contribution < 1.29 is 4.57 Å². The van der Waals surface area contributed by atoms with Gasteiger partial charge < -0.3 is 0 Å². The first-order valence-electron chi connectivity index (χ1n) is 12.0. The van der Waals surface area contributed by atoms with Gasteiger partial charge in [0.2, 0.25) is 5.69 Å². The second-order valence-electron chi connectivity index (χ2n) is 11.3. The lowest BCUT2D eigenvalue weighted by atomic mass is 9.76. The lowest BCUT2D eigenvalue weighted by Crippen LogP contribution is -2.31. The van der Waals surface area contributed by atoms with Crippen molar-refractivity contribution in [2.45, 2.75) is 91.9 Å². The maximum atomic E-state index is 2.44. The summed E-state index contributed by atoms with van der Waals surface area (Å²) in [5.41, 5.74) is 8.60. The Balaban J connectivity index is 2.36. The van der Waals surface area contributed by atoms with Crippen molar-refractivity contribution in [1.29, 1.82) is 0 Å². The zero-order chi connectivity index (χ0) is 23.1. The van der Waals surface area contributed by atoms with Gasteiger partial charge in [-0.1, -0.05) is 73.6 Å². The van der Waals surface area contributed by atoms with Crippen LogP contribution in [0, 0.1) is 6.92 Å². The highest BCUT2D eigenvalue weighted by atomic mass is 14.9. The number of aromatic nitrogens is 1. The number of fused-ring (bicyclic) bond motifs is 1. The molecule has 0 aliphatic heterocycles. The van der Waals surface area contributed by atoms with Crippen LogP contribution in [0.3, 0.4) is 0 Å². The van der Waals surface area contributed by atoms with E-state index in [1.807, 2.05) is 0 Å². The molecule has 1 nitrogen and oxygen atoms in total. The first-order chi connectivity index (χ1) is 14.4. The maximum Gasteiger partial charge on any atom is 0.220 e. The van der Waals surface area contributed by atoms with E-state index in [-0.39, 0.29) is 10.8 Å². The summed E-state index contributed by atoms with van der Waals surface area (Å²) in [4.78, 5) is 0. The van der Waals surface area contributed by atoms with Gasteiger partial charge in [-0.05, 0) is 76.3 Å². The Hall–Kier alpha value is -2.15. The van der Waals surface area contributed by atoms with Gasteiger partial charge in [-0.15, -0.1) is 0 Å². The van der Waals surface area contributed by atoms with Crippen LogP contribution >= 0.6 is 0 Å². The van der Waals surface area contributed by atoms with Gasteiger partial charge in [0.1, 0.15) is 7.05 Å². The van der Waals surface area contributed by atoms with Gasteiger partial charge in [0, 0.05) is 6.07 Å². The smallest absolute Gasteiger partial charge is 0.200 e. The van der Waals surface area contributed by atoms with Crippen molar-refractivity contribution in [3.05, 3.63) is 64.8 Å². The van der Waals surface area contributed by atoms with E-state index >= 15 is 0 Å². The number of hydrogen-bond acceptors (Lipinski definition) is 0. The normalized spacial score (nSPS) is 12.7. The fraction of sp³-hybridized carbons (Fsp3) is 0.500. The van der Waals surface area contributed by atoms with E-state index in [2.05, 4.69) is 117 Å². The Bertz CT molecular complexity index is 1090. The summed E-state index contributed by atoms with van der Waals surface area (Å²) in [6.07, 6.45) is 4.61. The minimum Gasteiger partial charge on any atom is -0.200 e. The fourth-order valence-electron chi connectivity index (χ4n) is 4.91. The van der Waals surface area contributed by atoms with Crippen LogP contribution in [0.25, 0.3) is 22.0 Å². The second-order valence-corrected chi connectivity index (χ2v) is 11.3. The third kappa shape index (κ3) is 4.56.